The first kappa shape index (κ1) is 16.7. The molecule has 0 aliphatic heterocycles. The molecule has 0 unspecified atom stereocenters. The van der Waals surface area contributed by atoms with Crippen molar-refractivity contribution in [1.29, 1.82) is 0 Å². The summed E-state index contributed by atoms with van der Waals surface area (Å²) in [6.07, 6.45) is 0.651. The van der Waals surface area contributed by atoms with Gasteiger partial charge in [0, 0.05) is 6.54 Å². The highest BCUT2D eigenvalue weighted by Gasteiger charge is 2.07. The zero-order valence-electron chi connectivity index (χ0n) is 12.8. The van der Waals surface area contributed by atoms with E-state index in [1.54, 1.807) is 30.3 Å². The molecule has 0 fully saturated rings. The number of nitrogens with one attached hydrogen (secondary N) is 1. The Kier molecular flexibility index (Phi) is 5.86. The Morgan fingerprint density at radius 3 is 2.43 bits per heavy atom. The van der Waals surface area contributed by atoms with Gasteiger partial charge in [-0.25, -0.2) is 9.18 Å². The summed E-state index contributed by atoms with van der Waals surface area (Å²) in [6, 6.07) is 13.2. The largest absolute Gasteiger partial charge is 0.465 e. The maximum Gasteiger partial charge on any atom is 0.337 e. The normalized spacial score (nSPS) is 10.2. The number of hydrogen-bond donors (Lipinski definition) is 1. The summed E-state index contributed by atoms with van der Waals surface area (Å²) in [5.41, 5.74) is 1.86. The fourth-order valence-corrected chi connectivity index (χ4v) is 2.15. The van der Waals surface area contributed by atoms with Crippen LogP contribution in [0.3, 0.4) is 0 Å². The Morgan fingerprint density at radius 1 is 1.09 bits per heavy atom. The first-order valence-electron chi connectivity index (χ1n) is 7.27. The molecule has 2 rings (SSSR count). The minimum atomic E-state index is -0.380. The average molecular weight is 315 g/mol. The van der Waals surface area contributed by atoms with E-state index in [2.05, 4.69) is 10.1 Å². The van der Waals surface area contributed by atoms with E-state index in [0.29, 0.717) is 24.1 Å². The van der Waals surface area contributed by atoms with Crippen molar-refractivity contribution < 1.29 is 18.7 Å². The molecule has 0 radical (unpaired) electrons. The molecule has 0 saturated carbocycles. The maximum absolute atomic E-state index is 13.5. The van der Waals surface area contributed by atoms with Crippen LogP contribution in [0.25, 0.3) is 0 Å². The zero-order valence-corrected chi connectivity index (χ0v) is 12.8. The number of hydrogen-bond acceptors (Lipinski definition) is 3. The van der Waals surface area contributed by atoms with E-state index in [9.17, 15) is 14.0 Å². The fourth-order valence-electron chi connectivity index (χ4n) is 2.15. The van der Waals surface area contributed by atoms with Crippen molar-refractivity contribution in [1.82, 2.24) is 5.32 Å². The van der Waals surface area contributed by atoms with Crippen LogP contribution in [0.2, 0.25) is 0 Å². The van der Waals surface area contributed by atoms with E-state index >= 15 is 0 Å². The van der Waals surface area contributed by atoms with Gasteiger partial charge in [0.2, 0.25) is 5.91 Å². The maximum atomic E-state index is 13.5. The molecule has 4 nitrogen and oxygen atoms in total. The second-order valence-corrected chi connectivity index (χ2v) is 5.06. The molecule has 1 N–H and O–H groups in total. The van der Waals surface area contributed by atoms with E-state index in [1.807, 2.05) is 12.1 Å². The quantitative estimate of drug-likeness (QED) is 0.833. The van der Waals surface area contributed by atoms with Gasteiger partial charge in [-0.05, 0) is 35.7 Å². The summed E-state index contributed by atoms with van der Waals surface area (Å²) in [4.78, 5) is 23.1. The lowest BCUT2D eigenvalue weighted by Crippen LogP contribution is -2.27. The molecule has 2 aromatic carbocycles. The van der Waals surface area contributed by atoms with Gasteiger partial charge in [0.05, 0.1) is 19.1 Å². The second-order valence-electron chi connectivity index (χ2n) is 5.06. The van der Waals surface area contributed by atoms with Crippen molar-refractivity contribution in [3.05, 3.63) is 71.0 Å². The Morgan fingerprint density at radius 2 is 1.78 bits per heavy atom. The van der Waals surface area contributed by atoms with Crippen molar-refractivity contribution in [3.63, 3.8) is 0 Å². The van der Waals surface area contributed by atoms with Crippen molar-refractivity contribution >= 4 is 11.9 Å². The third-order valence-electron chi connectivity index (χ3n) is 3.42. The van der Waals surface area contributed by atoms with Crippen LogP contribution in [0.4, 0.5) is 4.39 Å². The van der Waals surface area contributed by atoms with Gasteiger partial charge in [-0.3, -0.25) is 4.79 Å². The Hall–Kier alpha value is -2.69. The molecule has 0 heterocycles. The molecule has 1 amide bonds. The summed E-state index contributed by atoms with van der Waals surface area (Å²) < 4.78 is 18.1. The zero-order chi connectivity index (χ0) is 16.7. The molecule has 0 aliphatic carbocycles. The number of rotatable bonds is 6. The van der Waals surface area contributed by atoms with Crippen LogP contribution in [0.15, 0.2) is 48.5 Å². The standard InChI is InChI=1S/C18H18FNO3/c1-23-18(22)14-8-6-13(7-9-14)10-11-20-17(21)12-15-4-2-3-5-16(15)19/h2-9H,10-12H2,1H3,(H,20,21). The predicted octanol–water partition coefficient (Wildman–Crippen LogP) is 2.51. The number of esters is 1. The molecule has 0 atom stereocenters. The van der Waals surface area contributed by atoms with Gasteiger partial charge >= 0.3 is 5.97 Å². The van der Waals surface area contributed by atoms with Gasteiger partial charge in [0.15, 0.2) is 0 Å². The van der Waals surface area contributed by atoms with E-state index in [1.165, 1.54) is 13.2 Å². The van der Waals surface area contributed by atoms with Crippen LogP contribution in [-0.4, -0.2) is 25.5 Å². The number of benzene rings is 2. The molecule has 0 spiro atoms. The molecule has 0 aliphatic rings. The van der Waals surface area contributed by atoms with Crippen molar-refractivity contribution in [2.45, 2.75) is 12.8 Å². The lowest BCUT2D eigenvalue weighted by atomic mass is 10.1. The number of amides is 1. The first-order valence-corrected chi connectivity index (χ1v) is 7.27. The van der Waals surface area contributed by atoms with E-state index in [-0.39, 0.29) is 24.1 Å². The summed E-state index contributed by atoms with van der Waals surface area (Å²) in [7, 11) is 1.33. The summed E-state index contributed by atoms with van der Waals surface area (Å²) in [5, 5.41) is 2.76. The lowest BCUT2D eigenvalue weighted by molar-refractivity contribution is -0.120. The van der Waals surface area contributed by atoms with Gasteiger partial charge in [-0.15, -0.1) is 0 Å². The number of ether oxygens (including phenoxy) is 1. The topological polar surface area (TPSA) is 55.4 Å². The minimum absolute atomic E-state index is 0.0218. The predicted molar refractivity (Wildman–Crippen MR) is 84.6 cm³/mol. The number of carbonyl (C=O) groups excluding carboxylic acids is 2. The molecule has 2 aromatic rings. The number of carbonyl (C=O) groups is 2. The van der Waals surface area contributed by atoms with E-state index in [0.717, 1.165) is 5.56 Å². The Labute approximate surface area is 134 Å². The molecule has 0 bridgehead atoms. The highest BCUT2D eigenvalue weighted by Crippen LogP contribution is 2.08. The van der Waals surface area contributed by atoms with Crippen molar-refractivity contribution in [2.24, 2.45) is 0 Å². The lowest BCUT2D eigenvalue weighted by Gasteiger charge is -2.07. The van der Waals surface area contributed by atoms with Crippen LogP contribution in [0, 0.1) is 5.82 Å². The molecule has 120 valence electrons. The fraction of sp³-hybridized carbons (Fsp3) is 0.222. The molecule has 0 saturated heterocycles. The van der Waals surface area contributed by atoms with Crippen LogP contribution in [0.5, 0.6) is 0 Å². The third kappa shape index (κ3) is 4.92. The monoisotopic (exact) mass is 315 g/mol. The molecule has 23 heavy (non-hydrogen) atoms. The Balaban J connectivity index is 1.79. The number of halogens is 1. The summed E-state index contributed by atoms with van der Waals surface area (Å²) in [5.74, 6) is -0.975. The first-order chi connectivity index (χ1) is 11.1. The van der Waals surface area contributed by atoms with Crippen LogP contribution in [0.1, 0.15) is 21.5 Å². The van der Waals surface area contributed by atoms with Crippen LogP contribution < -0.4 is 5.32 Å². The van der Waals surface area contributed by atoms with E-state index < -0.39 is 0 Å². The highest BCUT2D eigenvalue weighted by atomic mass is 19.1. The molecule has 0 aromatic heterocycles. The van der Waals surface area contributed by atoms with Crippen molar-refractivity contribution in [3.8, 4) is 0 Å². The average Bonchev–Trinajstić information content (AvgIpc) is 2.57. The van der Waals surface area contributed by atoms with E-state index in [4.69, 9.17) is 0 Å². The van der Waals surface area contributed by atoms with Gasteiger partial charge in [0.25, 0.3) is 0 Å². The third-order valence-corrected chi connectivity index (χ3v) is 3.42. The smallest absolute Gasteiger partial charge is 0.337 e. The van der Waals surface area contributed by atoms with Gasteiger partial charge < -0.3 is 10.1 Å². The summed E-state index contributed by atoms with van der Waals surface area (Å²) >= 11 is 0. The van der Waals surface area contributed by atoms with Gasteiger partial charge in [-0.2, -0.15) is 0 Å². The highest BCUT2D eigenvalue weighted by molar-refractivity contribution is 5.89. The summed E-state index contributed by atoms with van der Waals surface area (Å²) in [6.45, 7) is 0.449. The minimum Gasteiger partial charge on any atom is -0.465 e. The van der Waals surface area contributed by atoms with Gasteiger partial charge in [-0.1, -0.05) is 30.3 Å². The number of methoxy groups -OCH3 is 1. The second kappa shape index (κ2) is 8.08. The van der Waals surface area contributed by atoms with Crippen LogP contribution >= 0.6 is 0 Å². The van der Waals surface area contributed by atoms with Gasteiger partial charge in [0.1, 0.15) is 5.82 Å². The SMILES string of the molecule is COC(=O)c1ccc(CCNC(=O)Cc2ccccc2F)cc1. The van der Waals surface area contributed by atoms with Crippen molar-refractivity contribution in [2.75, 3.05) is 13.7 Å². The molecular weight excluding hydrogens is 297 g/mol. The van der Waals surface area contributed by atoms with Crippen LogP contribution in [-0.2, 0) is 22.4 Å². The molecule has 5 heteroatoms. The molecular formula is C18H18FNO3. The Bertz CT molecular complexity index is 683.